The van der Waals surface area contributed by atoms with Gasteiger partial charge in [-0.05, 0) is 36.8 Å². The monoisotopic (exact) mass is 286 g/mol. The lowest BCUT2D eigenvalue weighted by Crippen LogP contribution is -2.35. The lowest BCUT2D eigenvalue weighted by molar-refractivity contribution is 0.401. The largest absolute Gasteiger partial charge is 0.398 e. The molecule has 4 nitrogen and oxygen atoms in total. The van der Waals surface area contributed by atoms with Crippen LogP contribution in [0.2, 0.25) is 0 Å². The van der Waals surface area contributed by atoms with Gasteiger partial charge in [0.2, 0.25) is 5.95 Å². The van der Waals surface area contributed by atoms with E-state index in [-0.39, 0.29) is 0 Å². The van der Waals surface area contributed by atoms with E-state index in [1.807, 2.05) is 12.3 Å². The van der Waals surface area contributed by atoms with Crippen molar-refractivity contribution in [1.82, 2.24) is 9.97 Å². The summed E-state index contributed by atoms with van der Waals surface area (Å²) >= 11 is 0. The average molecular weight is 286 g/mol. The van der Waals surface area contributed by atoms with Crippen LogP contribution in [0.1, 0.15) is 18.4 Å². The Hall–Kier alpha value is -2.17. The topological polar surface area (TPSA) is 55.0 Å². The minimum atomic E-state index is -0.512. The summed E-state index contributed by atoms with van der Waals surface area (Å²) in [7, 11) is 0. The Balaban J connectivity index is 1.60. The van der Waals surface area contributed by atoms with E-state index in [1.54, 1.807) is 12.3 Å². The number of nitrogen functional groups attached to an aromatic ring is 1. The summed E-state index contributed by atoms with van der Waals surface area (Å²) in [5.74, 6) is 0.783. The molecule has 2 aromatic rings. The molecule has 0 aromatic carbocycles. The SMILES string of the molecule is Nc1cc(F)nc(N2CCC(Cc3cccnc3)CC2)c1. The molecule has 0 amide bonds. The van der Waals surface area contributed by atoms with Crippen molar-refractivity contribution < 1.29 is 4.39 Å². The van der Waals surface area contributed by atoms with Gasteiger partial charge in [0.05, 0.1) is 0 Å². The molecule has 21 heavy (non-hydrogen) atoms. The quantitative estimate of drug-likeness (QED) is 0.881. The Kier molecular flexibility index (Phi) is 3.99. The molecule has 1 aliphatic rings. The Morgan fingerprint density at radius 3 is 2.76 bits per heavy atom. The van der Waals surface area contributed by atoms with E-state index in [1.165, 1.54) is 11.6 Å². The Labute approximate surface area is 123 Å². The van der Waals surface area contributed by atoms with Gasteiger partial charge in [0, 0.05) is 43.3 Å². The first-order valence-electron chi connectivity index (χ1n) is 7.27. The van der Waals surface area contributed by atoms with E-state index in [2.05, 4.69) is 20.9 Å². The van der Waals surface area contributed by atoms with Gasteiger partial charge in [-0.1, -0.05) is 6.07 Å². The Morgan fingerprint density at radius 2 is 2.10 bits per heavy atom. The number of hydrogen-bond acceptors (Lipinski definition) is 4. The third-order valence-electron chi connectivity index (χ3n) is 3.99. The number of halogens is 1. The third kappa shape index (κ3) is 3.48. The Bertz CT molecular complexity index is 574. The van der Waals surface area contributed by atoms with Crippen molar-refractivity contribution >= 4 is 11.5 Å². The molecule has 3 heterocycles. The van der Waals surface area contributed by atoms with E-state index in [4.69, 9.17) is 5.73 Å². The van der Waals surface area contributed by atoms with Crippen LogP contribution in [0.15, 0.2) is 36.7 Å². The van der Waals surface area contributed by atoms with Gasteiger partial charge in [-0.25, -0.2) is 4.98 Å². The number of piperidine rings is 1. The molecule has 0 atom stereocenters. The molecule has 0 spiro atoms. The fourth-order valence-electron chi connectivity index (χ4n) is 2.88. The van der Waals surface area contributed by atoms with Gasteiger partial charge >= 0.3 is 0 Å². The molecule has 1 aliphatic heterocycles. The highest BCUT2D eigenvalue weighted by molar-refractivity contribution is 5.50. The van der Waals surface area contributed by atoms with Crippen LogP contribution in [-0.4, -0.2) is 23.1 Å². The number of aromatic nitrogens is 2. The Morgan fingerprint density at radius 1 is 1.29 bits per heavy atom. The van der Waals surface area contributed by atoms with Crippen LogP contribution in [0.25, 0.3) is 0 Å². The van der Waals surface area contributed by atoms with Crippen LogP contribution in [0.4, 0.5) is 15.9 Å². The van der Waals surface area contributed by atoms with Gasteiger partial charge in [0.15, 0.2) is 0 Å². The first kappa shape index (κ1) is 13.8. The van der Waals surface area contributed by atoms with Crippen LogP contribution in [0, 0.1) is 11.9 Å². The van der Waals surface area contributed by atoms with Crippen LogP contribution in [-0.2, 0) is 6.42 Å². The van der Waals surface area contributed by atoms with Crippen LogP contribution >= 0.6 is 0 Å². The second kappa shape index (κ2) is 6.08. The summed E-state index contributed by atoms with van der Waals surface area (Å²) in [5, 5.41) is 0. The predicted molar refractivity (Wildman–Crippen MR) is 81.5 cm³/mol. The minimum Gasteiger partial charge on any atom is -0.398 e. The van der Waals surface area contributed by atoms with E-state index in [0.29, 0.717) is 17.4 Å². The molecular formula is C16H19FN4. The standard InChI is InChI=1S/C16H19FN4/c17-15-9-14(18)10-16(20-15)21-6-3-12(4-7-21)8-13-2-1-5-19-11-13/h1-2,5,9-12H,3-4,6-8H2,(H2,18,20). The lowest BCUT2D eigenvalue weighted by Gasteiger charge is -2.33. The van der Waals surface area contributed by atoms with Crippen molar-refractivity contribution in [1.29, 1.82) is 0 Å². The molecule has 1 saturated heterocycles. The molecule has 5 heteroatoms. The fourth-order valence-corrected chi connectivity index (χ4v) is 2.88. The van der Waals surface area contributed by atoms with Gasteiger partial charge in [-0.15, -0.1) is 0 Å². The zero-order valence-electron chi connectivity index (χ0n) is 11.9. The van der Waals surface area contributed by atoms with Gasteiger partial charge in [-0.3, -0.25) is 4.98 Å². The number of nitrogens with zero attached hydrogens (tertiary/aromatic N) is 3. The van der Waals surface area contributed by atoms with Crippen molar-refractivity contribution in [2.45, 2.75) is 19.3 Å². The maximum absolute atomic E-state index is 13.3. The number of anilines is 2. The minimum absolute atomic E-state index is 0.426. The molecule has 0 bridgehead atoms. The second-order valence-electron chi connectivity index (χ2n) is 5.58. The maximum Gasteiger partial charge on any atom is 0.216 e. The van der Waals surface area contributed by atoms with Gasteiger partial charge in [0.1, 0.15) is 5.82 Å². The first-order chi connectivity index (χ1) is 10.2. The second-order valence-corrected chi connectivity index (χ2v) is 5.58. The van der Waals surface area contributed by atoms with Crippen molar-refractivity contribution in [3.05, 3.63) is 48.2 Å². The van der Waals surface area contributed by atoms with E-state index in [0.717, 1.165) is 32.4 Å². The predicted octanol–water partition coefficient (Wildman–Crippen LogP) is 2.66. The van der Waals surface area contributed by atoms with Crippen molar-refractivity contribution in [2.75, 3.05) is 23.7 Å². The van der Waals surface area contributed by atoms with E-state index >= 15 is 0 Å². The molecule has 2 aromatic heterocycles. The summed E-state index contributed by atoms with van der Waals surface area (Å²) < 4.78 is 13.3. The molecule has 0 aliphatic carbocycles. The summed E-state index contributed by atoms with van der Waals surface area (Å²) in [5.41, 5.74) is 7.39. The van der Waals surface area contributed by atoms with Crippen molar-refractivity contribution in [3.8, 4) is 0 Å². The smallest absolute Gasteiger partial charge is 0.216 e. The lowest BCUT2D eigenvalue weighted by atomic mass is 9.91. The van der Waals surface area contributed by atoms with E-state index < -0.39 is 5.95 Å². The zero-order valence-corrected chi connectivity index (χ0v) is 11.9. The molecular weight excluding hydrogens is 267 g/mol. The third-order valence-corrected chi connectivity index (χ3v) is 3.99. The average Bonchev–Trinajstić information content (AvgIpc) is 2.48. The zero-order chi connectivity index (χ0) is 14.7. The number of rotatable bonds is 3. The van der Waals surface area contributed by atoms with Gasteiger partial charge < -0.3 is 10.6 Å². The normalized spacial score (nSPS) is 16.1. The molecule has 3 rings (SSSR count). The summed E-state index contributed by atoms with van der Waals surface area (Å²) in [4.78, 5) is 10.2. The fraction of sp³-hybridized carbons (Fsp3) is 0.375. The molecule has 2 N–H and O–H groups in total. The molecule has 1 fully saturated rings. The highest BCUT2D eigenvalue weighted by atomic mass is 19.1. The number of pyridine rings is 2. The first-order valence-corrected chi connectivity index (χ1v) is 7.27. The van der Waals surface area contributed by atoms with Crippen LogP contribution < -0.4 is 10.6 Å². The maximum atomic E-state index is 13.3. The van der Waals surface area contributed by atoms with Gasteiger partial charge in [-0.2, -0.15) is 4.39 Å². The summed E-state index contributed by atoms with van der Waals surface area (Å²) in [6.07, 6.45) is 6.94. The molecule has 0 radical (unpaired) electrons. The molecule has 0 saturated carbocycles. The van der Waals surface area contributed by atoms with Crippen molar-refractivity contribution in [2.24, 2.45) is 5.92 Å². The molecule has 110 valence electrons. The molecule has 0 unspecified atom stereocenters. The summed E-state index contributed by atoms with van der Waals surface area (Å²) in [6, 6.07) is 7.08. The van der Waals surface area contributed by atoms with E-state index in [9.17, 15) is 4.39 Å². The van der Waals surface area contributed by atoms with Gasteiger partial charge in [0.25, 0.3) is 0 Å². The summed E-state index contributed by atoms with van der Waals surface area (Å²) in [6.45, 7) is 1.78. The van der Waals surface area contributed by atoms with Crippen LogP contribution in [0.5, 0.6) is 0 Å². The number of nitrogens with two attached hydrogens (primary N) is 1. The number of hydrogen-bond donors (Lipinski definition) is 1. The highest BCUT2D eigenvalue weighted by Crippen LogP contribution is 2.25. The van der Waals surface area contributed by atoms with Crippen molar-refractivity contribution in [3.63, 3.8) is 0 Å². The van der Waals surface area contributed by atoms with Crippen LogP contribution in [0.3, 0.4) is 0 Å². The highest BCUT2D eigenvalue weighted by Gasteiger charge is 2.21.